The number of aromatic hydroxyl groups is 3. The molecule has 0 aromatic heterocycles. The number of carbonyl (C=O) groups is 3. The smallest absolute Gasteiger partial charge is 0.507 e. The predicted octanol–water partition coefficient (Wildman–Crippen LogP) is 14.7. The van der Waals surface area contributed by atoms with Crippen molar-refractivity contribution in [2.24, 2.45) is 11.3 Å². The molecule has 0 spiro atoms. The molecule has 0 aliphatic carbocycles. The van der Waals surface area contributed by atoms with Gasteiger partial charge in [0.05, 0.1) is 200 Å². The molecule has 718 valence electrons. The molecule has 8 rings (SSSR count). The fourth-order valence-corrected chi connectivity index (χ4v) is 19.6. The summed E-state index contributed by atoms with van der Waals surface area (Å²) in [6, 6.07) is 36.1. The minimum absolute atomic E-state index is 0.0340. The number of aryl methyl sites for hydroxylation is 1. The maximum Gasteiger partial charge on any atom is 0.541 e. The van der Waals surface area contributed by atoms with Gasteiger partial charge in [-0.3, -0.25) is 20.0 Å². The Hall–Kier alpha value is -7.18. The van der Waals surface area contributed by atoms with E-state index in [0.29, 0.717) is 72.6 Å². The number of guanidine groups is 4. The number of halogens is 6. The molecule has 6 aromatic rings. The summed E-state index contributed by atoms with van der Waals surface area (Å²) in [7, 11) is 61.4. The normalized spacial score (nSPS) is 14.8. The molecule has 3 atom stereocenters. The van der Waals surface area contributed by atoms with E-state index in [1.54, 1.807) is 71.4 Å². The van der Waals surface area contributed by atoms with Gasteiger partial charge in [-0.15, -0.1) is 22.7 Å². The van der Waals surface area contributed by atoms with E-state index in [0.717, 1.165) is 63.9 Å². The Morgan fingerprint density at radius 2 is 0.922 bits per heavy atom. The number of aliphatic carboxylic acids is 1. The SMILES string of the molecule is CC(CCc1ccccc1)C(C)(C)CC(C)(O)c1ccc(O)c(C(=O)[N+](C)(C)C)c1.CC(Cc1ccc(O)c(O)c1)(C(=O)O)[N+](C)(C)C.C[N+](=C1NCCN1)c1c(Cl)cccc1Cl.C[N+](C)=C([N+](C)(C)C)[N+](C)(C)C(=O)Cc1c(Cl)cccc1Cl.C[N+](C)=C([N+](C)(C)C)[N+](C)(C)CCN1CCCCCCC1.C[N+](C)=C(c1c(Cl)cccc1Cl)[N+](C)(C)C(=[N+](C)C)[N+](C)(C)C. The van der Waals surface area contributed by atoms with Crippen LogP contribution in [0.4, 0.5) is 5.69 Å². The average Bonchev–Trinajstić information content (AvgIpc) is 1.22. The third-order valence-electron chi connectivity index (χ3n) is 23.8. The summed E-state index contributed by atoms with van der Waals surface area (Å²) < 4.78 is 14.6. The summed E-state index contributed by atoms with van der Waals surface area (Å²) in [6.45, 7) is 16.9. The number of amidine groups is 1. The van der Waals surface area contributed by atoms with Crippen LogP contribution in [0.3, 0.4) is 0 Å². The molecule has 24 nitrogen and oxygen atoms in total. The number of para-hydroxylation sites is 1. The zero-order chi connectivity index (χ0) is 99.3. The van der Waals surface area contributed by atoms with Crippen molar-refractivity contribution in [1.82, 2.24) is 15.5 Å². The molecule has 0 saturated carbocycles. The monoisotopic (exact) mass is 1920 g/mol. The maximum atomic E-state index is 12.9. The second-order valence-corrected chi connectivity index (χ2v) is 44.4. The lowest BCUT2D eigenvalue weighted by Gasteiger charge is -2.40. The molecule has 129 heavy (non-hydrogen) atoms. The van der Waals surface area contributed by atoms with Gasteiger partial charge in [0, 0.05) is 35.5 Å². The standard InChI is InChI=1S/C26H37NO3.C17H30Cl2N4.C17H39N4.C16H26Cl2N3O.C13H19NO4.C10H11Cl2N3/c1-19(13-14-20-11-9-8-10-12-20)25(2,3)18-26(4,30)21-15-16-23(28)22(17-21)24(29)27(5,6)7;1-20(2)16(15-13(18)11-10-12-14(15)19)23(8,9)17(21(3)4)22(5,6)7;1-18(2)17(20(3,4)5)21(6,7)16-15-19-13-11-9-8-10-12-14-19;1-19(2)16(20(3,4)5)21(6,7)15(22)11-12-13(17)9-8-10-14(12)18;1-13(12(17)18,14(2,3)4)8-9-5-6-10(15)11(16)7-9;1-15(10-13-5-6-14-10)9-7(11)3-2-4-8(9)12/h8-12,15-17,19,30H,13-14,18H2,1-7H3;10-12H,1-9H3;8-16H2,1-7H3;8-10H,11H2,1-7H3;5-7H,8H2,1-4H3,(H2-,15,16,17,18);2-4H,5-6H2,1H3,(H,13,14)/q;+4;2*+3;;/p+3. The van der Waals surface area contributed by atoms with Crippen molar-refractivity contribution in [3.05, 3.63) is 185 Å². The number of likely N-dealkylation sites (tertiary alicyclic amines) is 1. The highest BCUT2D eigenvalue weighted by atomic mass is 35.5. The van der Waals surface area contributed by atoms with E-state index < -0.39 is 17.1 Å². The van der Waals surface area contributed by atoms with E-state index in [1.807, 2.05) is 143 Å². The molecule has 0 radical (unpaired) electrons. The minimum Gasteiger partial charge on any atom is -0.507 e. The largest absolute Gasteiger partial charge is 0.541 e. The van der Waals surface area contributed by atoms with Gasteiger partial charge in [0.15, 0.2) is 17.0 Å². The van der Waals surface area contributed by atoms with Crippen molar-refractivity contribution in [2.75, 3.05) is 251 Å². The van der Waals surface area contributed by atoms with Crippen LogP contribution in [0, 0.1) is 11.3 Å². The second-order valence-electron chi connectivity index (χ2n) is 42.0. The number of aliphatic hydroxyl groups is 1. The molecule has 2 aliphatic heterocycles. The number of quaternary nitrogens is 8. The second kappa shape index (κ2) is 48.1. The third kappa shape index (κ3) is 33.7. The summed E-state index contributed by atoms with van der Waals surface area (Å²) in [6.07, 6.45) is 10.1. The van der Waals surface area contributed by atoms with Crippen LogP contribution in [0.15, 0.2) is 121 Å². The molecule has 2 fully saturated rings. The molecule has 2 amide bonds. The molecule has 3 unspecified atom stereocenters. The van der Waals surface area contributed by atoms with Gasteiger partial charge in [-0.05, 0) is 141 Å². The van der Waals surface area contributed by atoms with Gasteiger partial charge in [-0.2, -0.15) is 22.5 Å². The summed E-state index contributed by atoms with van der Waals surface area (Å²) in [5.74, 6) is 4.43. The number of likely N-dealkylation sites (N-methyl/N-ethyl adjacent to an activating group) is 3. The molecule has 30 heteroatoms. The first-order valence-corrected chi connectivity index (χ1v) is 46.5. The van der Waals surface area contributed by atoms with Crippen molar-refractivity contribution in [3.63, 3.8) is 0 Å². The van der Waals surface area contributed by atoms with Gasteiger partial charge < -0.3 is 30.0 Å². The molecule has 2 heterocycles. The first-order chi connectivity index (χ1) is 58.9. The van der Waals surface area contributed by atoms with Gasteiger partial charge >= 0.3 is 47.5 Å². The molecular weight excluding hydrogens is 1750 g/mol. The van der Waals surface area contributed by atoms with E-state index in [9.17, 15) is 39.9 Å². The van der Waals surface area contributed by atoms with E-state index in [2.05, 4.69) is 173 Å². The summed E-state index contributed by atoms with van der Waals surface area (Å²) in [4.78, 5) is 39.8. The van der Waals surface area contributed by atoms with Crippen LogP contribution in [0.25, 0.3) is 0 Å². The van der Waals surface area contributed by atoms with Gasteiger partial charge in [-0.25, -0.2) is 19.0 Å². The van der Waals surface area contributed by atoms with Crippen LogP contribution < -0.4 is 10.6 Å². The van der Waals surface area contributed by atoms with E-state index in [4.69, 9.17) is 69.6 Å². The number of phenols is 3. The van der Waals surface area contributed by atoms with Crippen molar-refractivity contribution in [3.8, 4) is 17.2 Å². The number of nitrogens with one attached hydrogen (secondary N) is 2. The quantitative estimate of drug-likeness (QED) is 0.0134. The lowest BCUT2D eigenvalue weighted by Crippen LogP contribution is -2.66. The zero-order valence-electron chi connectivity index (χ0n) is 84.9. The van der Waals surface area contributed by atoms with Crippen molar-refractivity contribution in [1.29, 1.82) is 0 Å². The van der Waals surface area contributed by atoms with Crippen molar-refractivity contribution >= 4 is 123 Å². The lowest BCUT2D eigenvalue weighted by atomic mass is 9.69. The van der Waals surface area contributed by atoms with Crippen LogP contribution >= 0.6 is 69.6 Å². The summed E-state index contributed by atoms with van der Waals surface area (Å²) in [5, 5.41) is 59.8. The highest BCUT2D eigenvalue weighted by Gasteiger charge is 2.54. The number of carboxylic acid groups (broad SMARTS) is 1. The Bertz CT molecular complexity index is 4860. The van der Waals surface area contributed by atoms with Gasteiger partial charge in [0.1, 0.15) is 85.5 Å². The van der Waals surface area contributed by atoms with Crippen molar-refractivity contribution in [2.45, 2.75) is 110 Å². The highest BCUT2D eigenvalue weighted by Crippen LogP contribution is 2.43. The van der Waals surface area contributed by atoms with Gasteiger partial charge in [-0.1, -0.05) is 170 Å². The van der Waals surface area contributed by atoms with E-state index in [-0.39, 0.29) is 66.3 Å². The Morgan fingerprint density at radius 1 is 0.488 bits per heavy atom. The van der Waals surface area contributed by atoms with Crippen LogP contribution in [0.2, 0.25) is 30.1 Å². The number of phenolic OH excluding ortho intramolecular Hbond substituents is 3. The molecule has 6 aromatic carbocycles. The first-order valence-electron chi connectivity index (χ1n) is 44.2. The maximum absolute atomic E-state index is 12.9. The van der Waals surface area contributed by atoms with E-state index in [1.165, 1.54) is 94.0 Å². The first kappa shape index (κ1) is 116. The Morgan fingerprint density at radius 3 is 1.34 bits per heavy atom. The number of hydrogen-bond donors (Lipinski definition) is 7. The van der Waals surface area contributed by atoms with Crippen LogP contribution in [-0.2, 0) is 34.5 Å². The Balaban J connectivity index is 0.000000404. The topological polar surface area (TPSA) is 195 Å². The summed E-state index contributed by atoms with van der Waals surface area (Å²) >= 11 is 37.6. The van der Waals surface area contributed by atoms with Crippen LogP contribution in [0.5, 0.6) is 17.2 Å². The number of rotatable bonds is 19. The number of amides is 2. The average molecular weight is 1920 g/mol. The molecular formula is C99H165Cl6N16O8+13. The lowest BCUT2D eigenvalue weighted by molar-refractivity contribution is -0.946. The zero-order valence-corrected chi connectivity index (χ0v) is 89.5. The van der Waals surface area contributed by atoms with Crippen LogP contribution in [-0.4, -0.2) is 393 Å². The number of benzene rings is 6. The molecule has 2 saturated heterocycles. The number of hydrogen-bond acceptors (Lipinski definition) is 8. The highest BCUT2D eigenvalue weighted by molar-refractivity contribution is 6.40. The van der Waals surface area contributed by atoms with Gasteiger partial charge in [0.25, 0.3) is 0 Å². The Kier molecular flexibility index (Phi) is 43.3. The fourth-order valence-electron chi connectivity index (χ4n) is 17.9. The third-order valence-corrected chi connectivity index (χ3v) is 25.7. The predicted molar refractivity (Wildman–Crippen MR) is 537 cm³/mol. The van der Waals surface area contributed by atoms with Crippen molar-refractivity contribution < 1.29 is 98.7 Å². The van der Waals surface area contributed by atoms with E-state index >= 15 is 0 Å². The molecule has 2 aliphatic rings. The minimum atomic E-state index is -1.11. The van der Waals surface area contributed by atoms with Crippen LogP contribution in [0.1, 0.15) is 118 Å². The molecule has 0 bridgehead atoms. The van der Waals surface area contributed by atoms with Gasteiger partial charge in [0.2, 0.25) is 0 Å². The number of carbonyl (C=O) groups excluding carboxylic acids is 2. The molecule has 7 N–H and O–H groups in total. The Labute approximate surface area is 805 Å². The summed E-state index contributed by atoms with van der Waals surface area (Å²) in [5.41, 5.74) is 3.04. The fraction of sp³-hybridized carbons (Fsp3) is 0.556. The number of nitrogens with zero attached hydrogens (tertiary/aromatic N) is 14. The number of carboxylic acids is 1.